The number of rotatable bonds is 6. The maximum absolute atomic E-state index is 12.8. The molecule has 1 aromatic carbocycles. The molecular formula is C18H26ClN3O2. The lowest BCUT2D eigenvalue weighted by Crippen LogP contribution is -2.34. The largest absolute Gasteiger partial charge is 0.360 e. The maximum atomic E-state index is 12.8. The molecule has 0 aliphatic carbocycles. The SMILES string of the molecule is Cc1onc(-c2ccccc2)c1C(=O)N(C)CCC(N)C(C)C.Cl. The molecule has 1 heterocycles. The number of carbonyl (C=O) groups is 1. The average Bonchev–Trinajstić information content (AvgIpc) is 2.93. The summed E-state index contributed by atoms with van der Waals surface area (Å²) in [6.07, 6.45) is 0.769. The third kappa shape index (κ3) is 4.58. The van der Waals surface area contributed by atoms with Crippen molar-refractivity contribution in [1.82, 2.24) is 10.1 Å². The summed E-state index contributed by atoms with van der Waals surface area (Å²) >= 11 is 0. The van der Waals surface area contributed by atoms with E-state index in [0.29, 0.717) is 29.5 Å². The van der Waals surface area contributed by atoms with Gasteiger partial charge in [0.2, 0.25) is 0 Å². The number of aryl methyl sites for hydroxylation is 1. The lowest BCUT2D eigenvalue weighted by molar-refractivity contribution is 0.0788. The first-order valence-corrected chi connectivity index (χ1v) is 7.94. The van der Waals surface area contributed by atoms with Crippen molar-refractivity contribution in [3.63, 3.8) is 0 Å². The third-order valence-corrected chi connectivity index (χ3v) is 4.12. The highest BCUT2D eigenvalue weighted by Gasteiger charge is 2.24. The molecule has 24 heavy (non-hydrogen) atoms. The standard InChI is InChI=1S/C18H25N3O2.ClH/c1-12(2)15(19)10-11-21(4)18(22)16-13(3)23-20-17(16)14-8-6-5-7-9-14;/h5-9,12,15H,10-11,19H2,1-4H3;1H. The number of nitrogens with two attached hydrogens (primary N) is 1. The second kappa shape index (κ2) is 8.85. The van der Waals surface area contributed by atoms with Crippen LogP contribution in [0.15, 0.2) is 34.9 Å². The third-order valence-electron chi connectivity index (χ3n) is 4.12. The quantitative estimate of drug-likeness (QED) is 0.864. The number of amides is 1. The fourth-order valence-electron chi connectivity index (χ4n) is 2.39. The topological polar surface area (TPSA) is 72.4 Å². The molecule has 0 bridgehead atoms. The van der Waals surface area contributed by atoms with E-state index >= 15 is 0 Å². The van der Waals surface area contributed by atoms with Crippen LogP contribution >= 0.6 is 12.4 Å². The van der Waals surface area contributed by atoms with E-state index in [2.05, 4.69) is 19.0 Å². The Hall–Kier alpha value is -1.85. The second-order valence-corrected chi connectivity index (χ2v) is 6.25. The first-order chi connectivity index (χ1) is 10.9. The van der Waals surface area contributed by atoms with E-state index in [1.54, 1.807) is 18.9 Å². The molecule has 5 nitrogen and oxygen atoms in total. The van der Waals surface area contributed by atoms with E-state index < -0.39 is 0 Å². The maximum Gasteiger partial charge on any atom is 0.259 e. The van der Waals surface area contributed by atoms with E-state index in [-0.39, 0.29) is 24.4 Å². The van der Waals surface area contributed by atoms with Crippen molar-refractivity contribution in [2.45, 2.75) is 33.2 Å². The molecule has 6 heteroatoms. The number of aromatic nitrogens is 1. The molecular weight excluding hydrogens is 326 g/mol. The molecule has 0 spiro atoms. The van der Waals surface area contributed by atoms with Crippen LogP contribution in [0, 0.1) is 12.8 Å². The zero-order chi connectivity index (χ0) is 17.0. The molecule has 1 atom stereocenters. The van der Waals surface area contributed by atoms with Gasteiger partial charge in [0.25, 0.3) is 5.91 Å². The number of hydrogen-bond donors (Lipinski definition) is 1. The molecule has 1 aromatic heterocycles. The zero-order valence-electron chi connectivity index (χ0n) is 14.7. The Morgan fingerprint density at radius 3 is 2.50 bits per heavy atom. The van der Waals surface area contributed by atoms with Gasteiger partial charge in [0.1, 0.15) is 17.0 Å². The Kier molecular flexibility index (Phi) is 7.45. The van der Waals surface area contributed by atoms with E-state index in [1.807, 2.05) is 30.3 Å². The number of carbonyl (C=O) groups excluding carboxylic acids is 1. The summed E-state index contributed by atoms with van der Waals surface area (Å²) < 4.78 is 5.26. The molecule has 0 saturated carbocycles. The first kappa shape index (κ1) is 20.2. The minimum absolute atomic E-state index is 0. The molecule has 2 aromatic rings. The van der Waals surface area contributed by atoms with Crippen LogP contribution in [0.25, 0.3) is 11.3 Å². The number of benzene rings is 1. The van der Waals surface area contributed by atoms with Crippen LogP contribution in [-0.4, -0.2) is 35.6 Å². The molecule has 0 radical (unpaired) electrons. The van der Waals surface area contributed by atoms with Crippen LogP contribution in [0.3, 0.4) is 0 Å². The predicted molar refractivity (Wildman–Crippen MR) is 98.3 cm³/mol. The Morgan fingerprint density at radius 2 is 1.92 bits per heavy atom. The molecule has 0 aliphatic heterocycles. The Labute approximate surface area is 149 Å². The molecule has 0 aliphatic rings. The minimum atomic E-state index is -0.0847. The number of nitrogens with zero attached hydrogens (tertiary/aromatic N) is 2. The van der Waals surface area contributed by atoms with Crippen molar-refractivity contribution in [1.29, 1.82) is 0 Å². The van der Waals surface area contributed by atoms with Crippen molar-refractivity contribution >= 4 is 18.3 Å². The first-order valence-electron chi connectivity index (χ1n) is 7.94. The van der Waals surface area contributed by atoms with Crippen LogP contribution in [0.4, 0.5) is 0 Å². The summed E-state index contributed by atoms with van der Waals surface area (Å²) in [6, 6.07) is 9.68. The van der Waals surface area contributed by atoms with E-state index in [9.17, 15) is 4.79 Å². The van der Waals surface area contributed by atoms with Gasteiger partial charge in [-0.25, -0.2) is 0 Å². The fourth-order valence-corrected chi connectivity index (χ4v) is 2.39. The summed E-state index contributed by atoms with van der Waals surface area (Å²) in [4.78, 5) is 14.5. The Bertz CT molecular complexity index is 656. The molecule has 2 rings (SSSR count). The van der Waals surface area contributed by atoms with Crippen LogP contribution < -0.4 is 5.73 Å². The van der Waals surface area contributed by atoms with Crippen molar-refractivity contribution in [3.05, 3.63) is 41.7 Å². The van der Waals surface area contributed by atoms with Crippen LogP contribution in [0.2, 0.25) is 0 Å². The average molecular weight is 352 g/mol. The smallest absolute Gasteiger partial charge is 0.259 e. The second-order valence-electron chi connectivity index (χ2n) is 6.25. The molecule has 132 valence electrons. The van der Waals surface area contributed by atoms with E-state index in [4.69, 9.17) is 10.3 Å². The van der Waals surface area contributed by atoms with Gasteiger partial charge in [0, 0.05) is 25.2 Å². The molecule has 0 saturated heterocycles. The number of halogens is 1. The van der Waals surface area contributed by atoms with Gasteiger partial charge in [-0.05, 0) is 19.3 Å². The van der Waals surface area contributed by atoms with Gasteiger partial charge in [0.05, 0.1) is 0 Å². The highest BCUT2D eigenvalue weighted by atomic mass is 35.5. The van der Waals surface area contributed by atoms with Gasteiger partial charge in [-0.15, -0.1) is 12.4 Å². The number of hydrogen-bond acceptors (Lipinski definition) is 4. The van der Waals surface area contributed by atoms with Crippen molar-refractivity contribution < 1.29 is 9.32 Å². The van der Waals surface area contributed by atoms with Crippen molar-refractivity contribution in [2.75, 3.05) is 13.6 Å². The zero-order valence-corrected chi connectivity index (χ0v) is 15.5. The molecule has 0 fully saturated rings. The van der Waals surface area contributed by atoms with Crippen LogP contribution in [0.5, 0.6) is 0 Å². The molecule has 2 N–H and O–H groups in total. The summed E-state index contributed by atoms with van der Waals surface area (Å²) in [7, 11) is 1.79. The van der Waals surface area contributed by atoms with Gasteiger partial charge in [-0.3, -0.25) is 4.79 Å². The lowest BCUT2D eigenvalue weighted by Gasteiger charge is -2.21. The highest BCUT2D eigenvalue weighted by Crippen LogP contribution is 2.26. The van der Waals surface area contributed by atoms with Crippen LogP contribution in [0.1, 0.15) is 36.4 Å². The summed E-state index contributed by atoms with van der Waals surface area (Å²) in [5.74, 6) is 0.850. The normalized spacial score (nSPS) is 11.9. The monoisotopic (exact) mass is 351 g/mol. The minimum Gasteiger partial charge on any atom is -0.360 e. The molecule has 1 amide bonds. The predicted octanol–water partition coefficient (Wildman–Crippen LogP) is 3.52. The van der Waals surface area contributed by atoms with Crippen LogP contribution in [-0.2, 0) is 0 Å². The Balaban J connectivity index is 0.00000288. The van der Waals surface area contributed by atoms with Gasteiger partial charge in [-0.2, -0.15) is 0 Å². The summed E-state index contributed by atoms with van der Waals surface area (Å²) in [5, 5.41) is 4.07. The summed E-state index contributed by atoms with van der Waals surface area (Å²) in [5.41, 5.74) is 8.06. The lowest BCUT2D eigenvalue weighted by atomic mass is 10.0. The van der Waals surface area contributed by atoms with Gasteiger partial charge < -0.3 is 15.2 Å². The fraction of sp³-hybridized carbons (Fsp3) is 0.444. The highest BCUT2D eigenvalue weighted by molar-refractivity contribution is 6.00. The van der Waals surface area contributed by atoms with Crippen molar-refractivity contribution in [2.24, 2.45) is 11.7 Å². The Morgan fingerprint density at radius 1 is 1.29 bits per heavy atom. The molecule has 1 unspecified atom stereocenters. The van der Waals surface area contributed by atoms with Crippen molar-refractivity contribution in [3.8, 4) is 11.3 Å². The van der Waals surface area contributed by atoms with E-state index in [0.717, 1.165) is 12.0 Å². The summed E-state index contributed by atoms with van der Waals surface area (Å²) in [6.45, 7) is 6.55. The van der Waals surface area contributed by atoms with Gasteiger partial charge >= 0.3 is 0 Å². The van der Waals surface area contributed by atoms with E-state index in [1.165, 1.54) is 0 Å². The van der Waals surface area contributed by atoms with Gasteiger partial charge in [0.15, 0.2) is 0 Å². The van der Waals surface area contributed by atoms with Gasteiger partial charge in [-0.1, -0.05) is 49.3 Å².